The molecule has 1 aromatic heterocycles. The number of amides is 1. The van der Waals surface area contributed by atoms with E-state index in [4.69, 9.17) is 0 Å². The fourth-order valence-corrected chi connectivity index (χ4v) is 3.11. The first-order chi connectivity index (χ1) is 12.2. The third-order valence-corrected chi connectivity index (χ3v) is 4.46. The second-order valence-corrected chi connectivity index (χ2v) is 6.30. The number of rotatable bonds is 5. The molecule has 0 bridgehead atoms. The molecule has 0 spiro atoms. The lowest BCUT2D eigenvalue weighted by molar-refractivity contribution is -0.131. The van der Waals surface area contributed by atoms with Crippen molar-refractivity contribution in [1.29, 1.82) is 0 Å². The van der Waals surface area contributed by atoms with Gasteiger partial charge in [-0.2, -0.15) is 0 Å². The molecule has 0 saturated carbocycles. The molecule has 0 N–H and O–H groups in total. The lowest BCUT2D eigenvalue weighted by Gasteiger charge is -2.40. The van der Waals surface area contributed by atoms with E-state index in [0.717, 1.165) is 31.9 Å². The molecule has 1 aliphatic rings. The summed E-state index contributed by atoms with van der Waals surface area (Å²) in [4.78, 5) is 25.1. The van der Waals surface area contributed by atoms with Gasteiger partial charge in [0.05, 0.1) is 6.20 Å². The molecule has 1 fully saturated rings. The Morgan fingerprint density at radius 3 is 2.80 bits per heavy atom. The van der Waals surface area contributed by atoms with Crippen LogP contribution in [0.4, 0.5) is 5.82 Å². The molecule has 1 unspecified atom stereocenters. The van der Waals surface area contributed by atoms with E-state index in [1.807, 2.05) is 23.1 Å². The summed E-state index contributed by atoms with van der Waals surface area (Å²) in [7, 11) is 0. The van der Waals surface area contributed by atoms with Gasteiger partial charge in [0.15, 0.2) is 0 Å². The van der Waals surface area contributed by atoms with Gasteiger partial charge in [-0.15, -0.1) is 0 Å². The number of hydrogen-bond donors (Lipinski definition) is 0. The summed E-state index contributed by atoms with van der Waals surface area (Å²) < 4.78 is 0. The number of carbonyl (C=O) groups excluding carboxylic acids is 1. The van der Waals surface area contributed by atoms with Gasteiger partial charge in [-0.1, -0.05) is 42.5 Å². The summed E-state index contributed by atoms with van der Waals surface area (Å²) in [5, 5.41) is 0. The monoisotopic (exact) mass is 336 g/mol. The lowest BCUT2D eigenvalue weighted by Crippen LogP contribution is -2.54. The van der Waals surface area contributed by atoms with Gasteiger partial charge in [0, 0.05) is 44.5 Å². The number of nitrogens with zero attached hydrogens (tertiary/aromatic N) is 4. The summed E-state index contributed by atoms with van der Waals surface area (Å²) in [6, 6.07) is 10.4. The van der Waals surface area contributed by atoms with Crippen molar-refractivity contribution in [1.82, 2.24) is 14.9 Å². The molecular formula is C20H24N4O. The highest BCUT2D eigenvalue weighted by molar-refractivity contribution is 5.77. The van der Waals surface area contributed by atoms with Crippen LogP contribution in [0.25, 0.3) is 6.08 Å². The first kappa shape index (κ1) is 17.1. The van der Waals surface area contributed by atoms with Crippen LogP contribution in [-0.2, 0) is 4.79 Å². The fourth-order valence-electron chi connectivity index (χ4n) is 3.11. The Labute approximate surface area is 149 Å². The molecule has 25 heavy (non-hydrogen) atoms. The van der Waals surface area contributed by atoms with Crippen molar-refractivity contribution in [3.63, 3.8) is 0 Å². The summed E-state index contributed by atoms with van der Waals surface area (Å²) >= 11 is 0. The second-order valence-electron chi connectivity index (χ2n) is 6.30. The van der Waals surface area contributed by atoms with Crippen molar-refractivity contribution < 1.29 is 4.79 Å². The predicted octanol–water partition coefficient (Wildman–Crippen LogP) is 3.01. The molecule has 2 aromatic rings. The Hall–Kier alpha value is -2.69. The highest BCUT2D eigenvalue weighted by Crippen LogP contribution is 2.17. The first-order valence-corrected chi connectivity index (χ1v) is 8.76. The number of allylic oxidation sites excluding steroid dienone is 1. The minimum atomic E-state index is 0.225. The molecule has 1 aromatic carbocycles. The molecular weight excluding hydrogens is 312 g/mol. The van der Waals surface area contributed by atoms with Crippen LogP contribution in [0, 0.1) is 0 Å². The van der Waals surface area contributed by atoms with E-state index in [0.29, 0.717) is 6.42 Å². The van der Waals surface area contributed by atoms with E-state index < -0.39 is 0 Å². The van der Waals surface area contributed by atoms with Gasteiger partial charge in [0.1, 0.15) is 5.82 Å². The van der Waals surface area contributed by atoms with E-state index in [2.05, 4.69) is 46.1 Å². The van der Waals surface area contributed by atoms with Crippen molar-refractivity contribution >= 4 is 17.8 Å². The van der Waals surface area contributed by atoms with E-state index in [1.54, 1.807) is 18.6 Å². The molecule has 5 nitrogen and oxygen atoms in total. The van der Waals surface area contributed by atoms with Crippen LogP contribution < -0.4 is 4.90 Å². The van der Waals surface area contributed by atoms with E-state index in [9.17, 15) is 4.79 Å². The average molecular weight is 336 g/mol. The maximum absolute atomic E-state index is 12.4. The minimum absolute atomic E-state index is 0.225. The molecule has 1 atom stereocenters. The summed E-state index contributed by atoms with van der Waals surface area (Å²) in [6.07, 6.45) is 10.6. The van der Waals surface area contributed by atoms with Crippen molar-refractivity contribution in [2.45, 2.75) is 25.8 Å². The second kappa shape index (κ2) is 8.42. The largest absolute Gasteiger partial charge is 0.349 e. The van der Waals surface area contributed by atoms with Crippen molar-refractivity contribution in [3.8, 4) is 0 Å². The van der Waals surface area contributed by atoms with Gasteiger partial charge < -0.3 is 9.80 Å². The number of carbonyl (C=O) groups is 1. The quantitative estimate of drug-likeness (QED) is 0.842. The van der Waals surface area contributed by atoms with Gasteiger partial charge in [-0.25, -0.2) is 4.98 Å². The highest BCUT2D eigenvalue weighted by atomic mass is 16.2. The SMILES string of the molecule is CC1CN(C(=O)CC/C=C/c2ccccc2)CCN1c1cnccn1. The first-order valence-electron chi connectivity index (χ1n) is 8.76. The van der Waals surface area contributed by atoms with Crippen LogP contribution in [0.15, 0.2) is 55.0 Å². The molecule has 0 radical (unpaired) electrons. The maximum atomic E-state index is 12.4. The third kappa shape index (κ3) is 4.66. The van der Waals surface area contributed by atoms with Crippen LogP contribution in [0.1, 0.15) is 25.3 Å². The smallest absolute Gasteiger partial charge is 0.223 e. The zero-order valence-electron chi connectivity index (χ0n) is 14.6. The summed E-state index contributed by atoms with van der Waals surface area (Å²) in [5.41, 5.74) is 1.17. The molecule has 3 rings (SSSR count). The van der Waals surface area contributed by atoms with Crippen LogP contribution in [0.3, 0.4) is 0 Å². The van der Waals surface area contributed by atoms with Crippen LogP contribution >= 0.6 is 0 Å². The zero-order valence-corrected chi connectivity index (χ0v) is 14.6. The van der Waals surface area contributed by atoms with Crippen molar-refractivity contribution in [2.75, 3.05) is 24.5 Å². The number of aromatic nitrogens is 2. The number of piperazine rings is 1. The van der Waals surface area contributed by atoms with Crippen molar-refractivity contribution in [3.05, 3.63) is 60.6 Å². The normalized spacial score (nSPS) is 17.9. The average Bonchev–Trinajstić information content (AvgIpc) is 2.66. The number of benzene rings is 1. The molecule has 0 aliphatic carbocycles. The van der Waals surface area contributed by atoms with Gasteiger partial charge in [-0.3, -0.25) is 9.78 Å². The van der Waals surface area contributed by atoms with E-state index in [-0.39, 0.29) is 11.9 Å². The van der Waals surface area contributed by atoms with E-state index in [1.165, 1.54) is 5.56 Å². The van der Waals surface area contributed by atoms with Crippen LogP contribution in [-0.4, -0.2) is 46.5 Å². The molecule has 1 amide bonds. The molecule has 130 valence electrons. The van der Waals surface area contributed by atoms with Crippen LogP contribution in [0.5, 0.6) is 0 Å². The number of hydrogen-bond acceptors (Lipinski definition) is 4. The highest BCUT2D eigenvalue weighted by Gasteiger charge is 2.27. The minimum Gasteiger partial charge on any atom is -0.349 e. The van der Waals surface area contributed by atoms with E-state index >= 15 is 0 Å². The van der Waals surface area contributed by atoms with Gasteiger partial charge in [0.2, 0.25) is 5.91 Å². The number of anilines is 1. The van der Waals surface area contributed by atoms with Crippen LogP contribution in [0.2, 0.25) is 0 Å². The topological polar surface area (TPSA) is 49.3 Å². The van der Waals surface area contributed by atoms with Crippen molar-refractivity contribution in [2.24, 2.45) is 0 Å². The fraction of sp³-hybridized carbons (Fsp3) is 0.350. The molecule has 2 heterocycles. The Morgan fingerprint density at radius 2 is 2.08 bits per heavy atom. The molecule has 5 heteroatoms. The molecule has 1 aliphatic heterocycles. The zero-order chi connectivity index (χ0) is 17.5. The maximum Gasteiger partial charge on any atom is 0.223 e. The van der Waals surface area contributed by atoms with Gasteiger partial charge >= 0.3 is 0 Å². The summed E-state index contributed by atoms with van der Waals surface area (Å²) in [5.74, 6) is 1.11. The Bertz CT molecular complexity index is 702. The predicted molar refractivity (Wildman–Crippen MR) is 100 cm³/mol. The Balaban J connectivity index is 1.47. The lowest BCUT2D eigenvalue weighted by atomic mass is 10.1. The molecule has 1 saturated heterocycles. The Morgan fingerprint density at radius 1 is 1.24 bits per heavy atom. The summed E-state index contributed by atoms with van der Waals surface area (Å²) in [6.45, 7) is 4.40. The third-order valence-electron chi connectivity index (χ3n) is 4.46. The Kier molecular flexibility index (Phi) is 5.77. The standard InChI is InChI=1S/C20H24N4O/c1-17-16-23(13-14-24(17)19-15-21-11-12-22-19)20(25)10-6-5-9-18-7-3-2-4-8-18/h2-5,7-9,11-12,15,17H,6,10,13-14,16H2,1H3/b9-5+. The van der Waals surface area contributed by atoms with Gasteiger partial charge in [0.25, 0.3) is 0 Å². The van der Waals surface area contributed by atoms with Gasteiger partial charge in [-0.05, 0) is 18.9 Å².